The van der Waals surface area contributed by atoms with Crippen LogP contribution in [0.25, 0.3) is 26.9 Å². The molecular formula is C27H30FIN4O4. The number of halogens is 2. The second-order valence-corrected chi connectivity index (χ2v) is 11.8. The van der Waals surface area contributed by atoms with Gasteiger partial charge in [-0.1, -0.05) is 12.1 Å². The average Bonchev–Trinajstić information content (AvgIpc) is 3.06. The van der Waals surface area contributed by atoms with E-state index in [1.54, 1.807) is 67.6 Å². The molecule has 37 heavy (non-hydrogen) atoms. The third-order valence-corrected chi connectivity index (χ3v) is 5.98. The van der Waals surface area contributed by atoms with Gasteiger partial charge in [-0.25, -0.2) is 18.8 Å². The van der Waals surface area contributed by atoms with Crippen molar-refractivity contribution in [3.05, 3.63) is 56.3 Å². The van der Waals surface area contributed by atoms with Crippen LogP contribution in [0, 0.1) is 23.0 Å². The first-order chi connectivity index (χ1) is 17.0. The fraction of sp³-hybridized carbons (Fsp3) is 0.407. The molecule has 196 valence electrons. The molecule has 0 unspecified atom stereocenters. The smallest absolute Gasteiger partial charge is 0.435 e. The van der Waals surface area contributed by atoms with E-state index in [0.717, 1.165) is 4.68 Å². The molecule has 0 radical (unpaired) electrons. The minimum Gasteiger partial charge on any atom is -0.444 e. The number of aromatic nitrogens is 2. The number of hydrogen-bond donors (Lipinski definition) is 0. The summed E-state index contributed by atoms with van der Waals surface area (Å²) in [5.41, 5.74) is 1.08. The first kappa shape index (κ1) is 28.4. The van der Waals surface area contributed by atoms with E-state index in [-0.39, 0.29) is 17.8 Å². The Morgan fingerprint density at radius 2 is 1.73 bits per heavy atom. The predicted octanol–water partition coefficient (Wildman–Crippen LogP) is 7.46. The van der Waals surface area contributed by atoms with Crippen molar-refractivity contribution in [1.29, 1.82) is 0 Å². The Bertz CT molecular complexity index is 1400. The van der Waals surface area contributed by atoms with E-state index < -0.39 is 29.2 Å². The van der Waals surface area contributed by atoms with Crippen LogP contribution in [0.15, 0.2) is 24.3 Å². The molecule has 8 nitrogen and oxygen atoms in total. The highest BCUT2D eigenvalue weighted by molar-refractivity contribution is 14.1. The second-order valence-electron chi connectivity index (χ2n) is 10.8. The van der Waals surface area contributed by atoms with Crippen molar-refractivity contribution in [3.63, 3.8) is 0 Å². The SMILES string of the molecule is [C-]#[N+]c1cc2c(cc1-c1c(C)cc(CN(C)C(=O)OC(C)(C)C)cc1F)c(I)nn2C(=O)OC(C)(C)C. The fourth-order valence-electron chi connectivity index (χ4n) is 3.78. The van der Waals surface area contributed by atoms with Gasteiger partial charge in [0.2, 0.25) is 0 Å². The van der Waals surface area contributed by atoms with E-state index in [0.29, 0.717) is 31.3 Å². The van der Waals surface area contributed by atoms with Crippen molar-refractivity contribution >= 4 is 51.4 Å². The molecule has 0 N–H and O–H groups in total. The highest BCUT2D eigenvalue weighted by atomic mass is 127. The number of amides is 1. The molecular weight excluding hydrogens is 590 g/mol. The summed E-state index contributed by atoms with van der Waals surface area (Å²) in [6.45, 7) is 20.2. The van der Waals surface area contributed by atoms with E-state index in [1.165, 1.54) is 17.0 Å². The summed E-state index contributed by atoms with van der Waals surface area (Å²) in [7, 11) is 1.59. The number of fused-ring (bicyclic) bond motifs is 1. The highest BCUT2D eigenvalue weighted by Crippen LogP contribution is 2.39. The van der Waals surface area contributed by atoms with E-state index in [2.05, 4.69) is 9.94 Å². The van der Waals surface area contributed by atoms with E-state index >= 15 is 4.39 Å². The molecule has 1 heterocycles. The van der Waals surface area contributed by atoms with Crippen molar-refractivity contribution in [2.75, 3.05) is 7.05 Å². The summed E-state index contributed by atoms with van der Waals surface area (Å²) in [6, 6.07) is 6.35. The maximum atomic E-state index is 15.5. The van der Waals surface area contributed by atoms with Crippen LogP contribution in [0.1, 0.15) is 52.7 Å². The van der Waals surface area contributed by atoms with Crippen molar-refractivity contribution in [2.45, 2.75) is 66.2 Å². The number of benzene rings is 2. The summed E-state index contributed by atoms with van der Waals surface area (Å²) in [4.78, 5) is 30.0. The first-order valence-electron chi connectivity index (χ1n) is 11.6. The summed E-state index contributed by atoms with van der Waals surface area (Å²) < 4.78 is 28.0. The van der Waals surface area contributed by atoms with Crippen molar-refractivity contribution in [1.82, 2.24) is 14.7 Å². The van der Waals surface area contributed by atoms with Crippen LogP contribution in [0.5, 0.6) is 0 Å². The van der Waals surface area contributed by atoms with Crippen LogP contribution in [-0.2, 0) is 16.0 Å². The largest absolute Gasteiger partial charge is 0.444 e. The van der Waals surface area contributed by atoms with Gasteiger partial charge in [-0.05, 0) is 99.9 Å². The van der Waals surface area contributed by atoms with Gasteiger partial charge in [0.05, 0.1) is 12.1 Å². The van der Waals surface area contributed by atoms with Crippen LogP contribution in [0.3, 0.4) is 0 Å². The van der Waals surface area contributed by atoms with Gasteiger partial charge in [-0.2, -0.15) is 9.78 Å². The molecule has 3 rings (SSSR count). The number of nitrogens with zero attached hydrogens (tertiary/aromatic N) is 4. The molecule has 3 aromatic rings. The zero-order valence-electron chi connectivity index (χ0n) is 22.2. The fourth-order valence-corrected chi connectivity index (χ4v) is 4.42. The molecule has 1 aromatic heterocycles. The molecule has 0 atom stereocenters. The number of ether oxygens (including phenoxy) is 2. The van der Waals surface area contributed by atoms with Gasteiger partial charge in [0.15, 0.2) is 5.69 Å². The lowest BCUT2D eigenvalue weighted by Crippen LogP contribution is -2.33. The number of carbonyl (C=O) groups is 2. The normalized spacial score (nSPS) is 11.8. The predicted molar refractivity (Wildman–Crippen MR) is 148 cm³/mol. The Hall–Kier alpha value is -3.20. The molecule has 1 amide bonds. The average molecular weight is 620 g/mol. The monoisotopic (exact) mass is 620 g/mol. The molecule has 2 aromatic carbocycles. The summed E-state index contributed by atoms with van der Waals surface area (Å²) in [6.07, 6.45) is -1.17. The Morgan fingerprint density at radius 1 is 1.11 bits per heavy atom. The van der Waals surface area contributed by atoms with Gasteiger partial charge >= 0.3 is 12.2 Å². The van der Waals surface area contributed by atoms with Crippen LogP contribution in [0.4, 0.5) is 19.7 Å². The molecule has 10 heteroatoms. The Kier molecular flexibility index (Phi) is 7.88. The Labute approximate surface area is 229 Å². The van der Waals surface area contributed by atoms with E-state index in [1.807, 2.05) is 22.6 Å². The lowest BCUT2D eigenvalue weighted by atomic mass is 9.95. The maximum absolute atomic E-state index is 15.5. The van der Waals surface area contributed by atoms with Crippen molar-refractivity contribution < 1.29 is 23.5 Å². The summed E-state index contributed by atoms with van der Waals surface area (Å²) in [5, 5.41) is 4.90. The molecule has 0 saturated carbocycles. The van der Waals surface area contributed by atoms with Gasteiger partial charge in [0.1, 0.15) is 20.7 Å². The Balaban J connectivity index is 2.04. The number of carbonyl (C=O) groups excluding carboxylic acids is 2. The van der Waals surface area contributed by atoms with Gasteiger partial charge in [-0.15, -0.1) is 0 Å². The molecule has 0 aliphatic heterocycles. The Morgan fingerprint density at radius 3 is 2.27 bits per heavy atom. The first-order valence-corrected chi connectivity index (χ1v) is 12.6. The zero-order chi connectivity index (χ0) is 27.9. The molecule has 0 spiro atoms. The van der Waals surface area contributed by atoms with Crippen LogP contribution >= 0.6 is 22.6 Å². The standard InChI is InChI=1S/C27H30FIN4O4/c1-15-10-16(14-32(9)24(34)36-26(2,3)4)11-19(28)22(15)17-12-18-21(13-20(17)30-8)33(31-23(18)29)25(35)37-27(5,6)7/h10-13H,14H2,1-7,9H3. The number of aryl methyl sites for hydroxylation is 1. The van der Waals surface area contributed by atoms with Crippen LogP contribution < -0.4 is 0 Å². The third kappa shape index (κ3) is 6.57. The van der Waals surface area contributed by atoms with Crippen LogP contribution in [-0.4, -0.2) is 45.1 Å². The van der Waals surface area contributed by atoms with Gasteiger partial charge in [0, 0.05) is 24.5 Å². The van der Waals surface area contributed by atoms with Crippen LogP contribution in [0.2, 0.25) is 0 Å². The van der Waals surface area contributed by atoms with E-state index in [9.17, 15) is 9.59 Å². The minimum atomic E-state index is -0.719. The molecule has 0 saturated heterocycles. The zero-order valence-corrected chi connectivity index (χ0v) is 24.4. The molecule has 0 aliphatic rings. The topological polar surface area (TPSA) is 78.0 Å². The van der Waals surface area contributed by atoms with Gasteiger partial charge < -0.3 is 14.4 Å². The molecule has 0 fully saturated rings. The quantitative estimate of drug-likeness (QED) is 0.225. The van der Waals surface area contributed by atoms with Gasteiger partial charge in [0.25, 0.3) is 0 Å². The highest BCUT2D eigenvalue weighted by Gasteiger charge is 2.25. The number of hydrogen-bond acceptors (Lipinski definition) is 5. The number of rotatable bonds is 3. The minimum absolute atomic E-state index is 0.155. The molecule has 0 aliphatic carbocycles. The third-order valence-electron chi connectivity index (χ3n) is 5.18. The van der Waals surface area contributed by atoms with Crippen molar-refractivity contribution in [2.24, 2.45) is 0 Å². The maximum Gasteiger partial charge on any atom is 0.435 e. The summed E-state index contributed by atoms with van der Waals surface area (Å²) >= 11 is 2.00. The van der Waals surface area contributed by atoms with Crippen molar-refractivity contribution in [3.8, 4) is 11.1 Å². The van der Waals surface area contributed by atoms with E-state index in [4.69, 9.17) is 16.0 Å². The lowest BCUT2D eigenvalue weighted by molar-refractivity contribution is 0.0284. The summed E-state index contributed by atoms with van der Waals surface area (Å²) in [5.74, 6) is -0.522. The van der Waals surface area contributed by atoms with Gasteiger partial charge in [-0.3, -0.25) is 0 Å². The molecule has 0 bridgehead atoms. The lowest BCUT2D eigenvalue weighted by Gasteiger charge is -2.25. The second kappa shape index (κ2) is 10.3.